The van der Waals surface area contributed by atoms with Crippen molar-refractivity contribution in [1.29, 1.82) is 0 Å². The Morgan fingerprint density at radius 2 is 0.486 bits per heavy atom. The maximum Gasteiger partial charge on any atom is 0.0562 e. The second-order valence-electron chi connectivity index (χ2n) is 18.9. The Morgan fingerprint density at radius 3 is 0.851 bits per heavy atom. The molecule has 0 bridgehead atoms. The van der Waals surface area contributed by atoms with Crippen LogP contribution in [-0.4, -0.2) is 9.13 Å². The van der Waals surface area contributed by atoms with Gasteiger partial charge in [0.15, 0.2) is 0 Å². The number of hydrogen-bond acceptors (Lipinski definition) is 2. The minimum absolute atomic E-state index is 1.08. The van der Waals surface area contributed by atoms with Gasteiger partial charge in [-0.3, -0.25) is 0 Å². The summed E-state index contributed by atoms with van der Waals surface area (Å²) in [5.74, 6) is 0. The third kappa shape index (κ3) is 7.31. The number of aromatic nitrogens is 2. The summed E-state index contributed by atoms with van der Waals surface area (Å²) in [6, 6.07) is 106. The van der Waals surface area contributed by atoms with E-state index in [1.54, 1.807) is 0 Å². The van der Waals surface area contributed by atoms with Crippen LogP contribution in [0.1, 0.15) is 0 Å². The van der Waals surface area contributed by atoms with Gasteiger partial charge in [-0.25, -0.2) is 0 Å². The van der Waals surface area contributed by atoms with Crippen LogP contribution in [0, 0.1) is 0 Å². The Balaban J connectivity index is 0.974. The fourth-order valence-electron chi connectivity index (χ4n) is 11.3. The van der Waals surface area contributed by atoms with E-state index in [0.29, 0.717) is 0 Å². The second-order valence-corrected chi connectivity index (χ2v) is 18.9. The van der Waals surface area contributed by atoms with Gasteiger partial charge in [-0.2, -0.15) is 0 Å². The standard InChI is InChI=1S/C70H48N4/c1-7-19-49(20-8-1)51-31-35-57(36-32-51)71(53-23-11-3-12-24-53)59-39-41-63-67(47-59)73(55-27-15-5-16-28-55)65-45-43-62-61(69(63)65)44-46-66-70(62)64-42-40-60(48-68(64)74(66)56-29-17-6-18-30-56)72(54-25-13-4-14-26-54)58-37-33-52(34-38-58)50-21-9-2-10-22-50/h1-48H. The van der Waals surface area contributed by atoms with Crippen LogP contribution < -0.4 is 9.80 Å². The lowest BCUT2D eigenvalue weighted by molar-refractivity contribution is 1.18. The summed E-state index contributed by atoms with van der Waals surface area (Å²) in [7, 11) is 0. The summed E-state index contributed by atoms with van der Waals surface area (Å²) in [6.07, 6.45) is 0. The zero-order valence-electron chi connectivity index (χ0n) is 40.5. The highest BCUT2D eigenvalue weighted by molar-refractivity contribution is 6.30. The van der Waals surface area contributed by atoms with E-state index in [4.69, 9.17) is 0 Å². The minimum atomic E-state index is 1.08. The first-order chi connectivity index (χ1) is 36.7. The zero-order chi connectivity index (χ0) is 49.0. The van der Waals surface area contributed by atoms with Crippen LogP contribution in [0.3, 0.4) is 0 Å². The smallest absolute Gasteiger partial charge is 0.0562 e. The first-order valence-corrected chi connectivity index (χ1v) is 25.3. The molecule has 0 saturated carbocycles. The van der Waals surface area contributed by atoms with Crippen LogP contribution in [0.4, 0.5) is 34.1 Å². The van der Waals surface area contributed by atoms with Gasteiger partial charge in [0, 0.05) is 67.0 Å². The molecular weight excluding hydrogens is 897 g/mol. The van der Waals surface area contributed by atoms with Crippen molar-refractivity contribution in [3.8, 4) is 33.6 Å². The molecule has 0 N–H and O–H groups in total. The van der Waals surface area contributed by atoms with E-state index in [1.807, 2.05) is 0 Å². The molecule has 0 aliphatic heterocycles. The normalized spacial score (nSPS) is 11.5. The van der Waals surface area contributed by atoms with Gasteiger partial charge in [-0.05, 0) is 142 Å². The SMILES string of the molecule is c1ccc(-c2ccc(N(c3ccccc3)c3ccc4c5c6ccc7c(c6ccc5n(-c5ccccc5)c4c3)c3ccc(N(c4ccccc4)c4ccc(-c5ccccc5)cc4)cc3n7-c3ccccc3)cc2)cc1. The summed E-state index contributed by atoms with van der Waals surface area (Å²) >= 11 is 0. The second kappa shape index (κ2) is 18.1. The molecule has 348 valence electrons. The number of hydrogen-bond donors (Lipinski definition) is 0. The Morgan fingerprint density at radius 1 is 0.203 bits per heavy atom. The highest BCUT2D eigenvalue weighted by atomic mass is 15.2. The van der Waals surface area contributed by atoms with E-state index in [9.17, 15) is 0 Å². The molecule has 74 heavy (non-hydrogen) atoms. The summed E-state index contributed by atoms with van der Waals surface area (Å²) in [4.78, 5) is 4.74. The van der Waals surface area contributed by atoms with Crippen LogP contribution in [-0.2, 0) is 0 Å². The van der Waals surface area contributed by atoms with Crippen LogP contribution in [0.25, 0.3) is 88.0 Å². The maximum absolute atomic E-state index is 2.45. The molecule has 0 spiro atoms. The summed E-state index contributed by atoms with van der Waals surface area (Å²) in [5, 5.41) is 7.32. The maximum atomic E-state index is 2.45. The van der Waals surface area contributed by atoms with Crippen molar-refractivity contribution in [2.45, 2.75) is 0 Å². The topological polar surface area (TPSA) is 16.3 Å². The average molecular weight is 945 g/mol. The highest BCUT2D eigenvalue weighted by Gasteiger charge is 2.23. The lowest BCUT2D eigenvalue weighted by Gasteiger charge is -2.26. The first kappa shape index (κ1) is 42.9. The van der Waals surface area contributed by atoms with Crippen molar-refractivity contribution in [3.63, 3.8) is 0 Å². The lowest BCUT2D eigenvalue weighted by atomic mass is 9.99. The van der Waals surface area contributed by atoms with Crippen molar-refractivity contribution < 1.29 is 0 Å². The van der Waals surface area contributed by atoms with Gasteiger partial charge in [0.05, 0.1) is 22.1 Å². The third-order valence-electron chi connectivity index (χ3n) is 14.7. The summed E-state index contributed by atoms with van der Waals surface area (Å²) in [6.45, 7) is 0. The molecule has 0 fully saturated rings. The van der Waals surface area contributed by atoms with Gasteiger partial charge in [0.1, 0.15) is 0 Å². The molecule has 12 aromatic carbocycles. The Hall–Kier alpha value is -9.90. The van der Waals surface area contributed by atoms with Crippen molar-refractivity contribution in [2.75, 3.05) is 9.80 Å². The van der Waals surface area contributed by atoms with E-state index < -0.39 is 0 Å². The molecule has 2 aromatic heterocycles. The fourth-order valence-corrected chi connectivity index (χ4v) is 11.3. The Kier molecular flexibility index (Phi) is 10.5. The average Bonchev–Trinajstić information content (AvgIpc) is 4.01. The van der Waals surface area contributed by atoms with E-state index in [1.165, 1.54) is 65.6 Å². The fraction of sp³-hybridized carbons (Fsp3) is 0. The third-order valence-corrected chi connectivity index (χ3v) is 14.7. The molecule has 4 nitrogen and oxygen atoms in total. The first-order valence-electron chi connectivity index (χ1n) is 25.3. The quantitative estimate of drug-likeness (QED) is 0.136. The number of nitrogens with zero attached hydrogens (tertiary/aromatic N) is 4. The zero-order valence-corrected chi connectivity index (χ0v) is 40.5. The molecule has 0 aliphatic rings. The number of para-hydroxylation sites is 4. The van der Waals surface area contributed by atoms with Gasteiger partial charge in [-0.1, -0.05) is 182 Å². The molecule has 0 unspecified atom stereocenters. The Labute approximate surface area is 430 Å². The van der Waals surface area contributed by atoms with Gasteiger partial charge >= 0.3 is 0 Å². The number of benzene rings is 12. The van der Waals surface area contributed by atoms with Gasteiger partial charge < -0.3 is 18.9 Å². The molecule has 0 radical (unpaired) electrons. The largest absolute Gasteiger partial charge is 0.310 e. The predicted molar refractivity (Wildman–Crippen MR) is 313 cm³/mol. The van der Waals surface area contributed by atoms with Crippen molar-refractivity contribution in [2.24, 2.45) is 0 Å². The minimum Gasteiger partial charge on any atom is -0.310 e. The molecule has 0 amide bonds. The van der Waals surface area contributed by atoms with E-state index in [-0.39, 0.29) is 0 Å². The van der Waals surface area contributed by atoms with Crippen molar-refractivity contribution in [1.82, 2.24) is 9.13 Å². The molecule has 14 rings (SSSR count). The van der Waals surface area contributed by atoms with Crippen LogP contribution in [0.2, 0.25) is 0 Å². The van der Waals surface area contributed by atoms with Crippen LogP contribution in [0.5, 0.6) is 0 Å². The predicted octanol–water partition coefficient (Wildman–Crippen LogP) is 19.3. The molecule has 0 aliphatic carbocycles. The monoisotopic (exact) mass is 944 g/mol. The summed E-state index contributed by atoms with van der Waals surface area (Å²) < 4.78 is 4.90. The lowest BCUT2D eigenvalue weighted by Crippen LogP contribution is -2.10. The molecule has 2 heterocycles. The number of rotatable bonds is 10. The van der Waals surface area contributed by atoms with E-state index in [2.05, 4.69) is 310 Å². The van der Waals surface area contributed by atoms with Crippen LogP contribution >= 0.6 is 0 Å². The van der Waals surface area contributed by atoms with Gasteiger partial charge in [0.2, 0.25) is 0 Å². The summed E-state index contributed by atoms with van der Waals surface area (Å²) in [5.41, 5.74) is 18.2. The van der Waals surface area contributed by atoms with Crippen molar-refractivity contribution >= 4 is 88.5 Å². The molecule has 14 aromatic rings. The van der Waals surface area contributed by atoms with E-state index in [0.717, 1.165) is 56.5 Å². The molecular formula is C70H48N4. The highest BCUT2D eigenvalue weighted by Crippen LogP contribution is 2.46. The molecule has 0 atom stereocenters. The van der Waals surface area contributed by atoms with Gasteiger partial charge in [-0.15, -0.1) is 0 Å². The number of fused-ring (bicyclic) bond motifs is 9. The Bertz CT molecular complexity index is 4020. The van der Waals surface area contributed by atoms with Gasteiger partial charge in [0.25, 0.3) is 0 Å². The number of anilines is 6. The molecule has 0 saturated heterocycles. The molecule has 4 heteroatoms. The van der Waals surface area contributed by atoms with Crippen LogP contribution in [0.15, 0.2) is 291 Å². The van der Waals surface area contributed by atoms with Crippen molar-refractivity contribution in [3.05, 3.63) is 291 Å². The van der Waals surface area contributed by atoms with E-state index >= 15 is 0 Å².